The standard InChI is InChI=1S/C24H26N4O2S/c1-17-9-3-4-11-19(17)27-15-7-12-20(27)23-22(18-10-5-6-14-25-18)26-24(31)28(23)16-8-13-21(29)30-2/h3-7,9-12,14-15,22-23H,8,13,16H2,1-2H3,(H,26,31)/t22-,23+/m0/s1. The van der Waals surface area contributed by atoms with Gasteiger partial charge in [0, 0.05) is 36.7 Å². The maximum Gasteiger partial charge on any atom is 0.305 e. The van der Waals surface area contributed by atoms with E-state index in [2.05, 4.69) is 57.2 Å². The Kier molecular flexibility index (Phi) is 6.32. The van der Waals surface area contributed by atoms with Crippen LogP contribution in [0.2, 0.25) is 0 Å². The van der Waals surface area contributed by atoms with Crippen molar-refractivity contribution in [2.24, 2.45) is 0 Å². The van der Waals surface area contributed by atoms with Crippen LogP contribution in [-0.4, -0.2) is 39.2 Å². The van der Waals surface area contributed by atoms with Gasteiger partial charge in [0.1, 0.15) is 0 Å². The van der Waals surface area contributed by atoms with E-state index in [9.17, 15) is 4.79 Å². The van der Waals surface area contributed by atoms with E-state index >= 15 is 0 Å². The van der Waals surface area contributed by atoms with Crippen LogP contribution in [0, 0.1) is 6.92 Å². The quantitative estimate of drug-likeness (QED) is 0.446. The third kappa shape index (κ3) is 4.32. The molecule has 160 valence electrons. The summed E-state index contributed by atoms with van der Waals surface area (Å²) < 4.78 is 7.02. The summed E-state index contributed by atoms with van der Waals surface area (Å²) in [6, 6.07) is 18.3. The van der Waals surface area contributed by atoms with Gasteiger partial charge in [0.15, 0.2) is 5.11 Å². The van der Waals surface area contributed by atoms with E-state index in [0.717, 1.165) is 17.1 Å². The lowest BCUT2D eigenvalue weighted by molar-refractivity contribution is -0.140. The second-order valence-electron chi connectivity index (χ2n) is 7.59. The van der Waals surface area contributed by atoms with Crippen LogP contribution in [-0.2, 0) is 9.53 Å². The van der Waals surface area contributed by atoms with Crippen molar-refractivity contribution < 1.29 is 9.53 Å². The molecule has 4 rings (SSSR count). The Labute approximate surface area is 187 Å². The molecule has 1 aliphatic heterocycles. The van der Waals surface area contributed by atoms with Crippen LogP contribution in [0.5, 0.6) is 0 Å². The molecule has 2 aromatic heterocycles. The molecule has 31 heavy (non-hydrogen) atoms. The van der Waals surface area contributed by atoms with E-state index in [1.807, 2.05) is 30.3 Å². The number of ether oxygens (including phenoxy) is 1. The van der Waals surface area contributed by atoms with Crippen molar-refractivity contribution in [1.82, 2.24) is 19.8 Å². The number of benzene rings is 1. The first-order valence-corrected chi connectivity index (χ1v) is 10.8. The second kappa shape index (κ2) is 9.31. The molecule has 1 N–H and O–H groups in total. The molecule has 3 heterocycles. The maximum atomic E-state index is 11.6. The summed E-state index contributed by atoms with van der Waals surface area (Å²) in [6.07, 6.45) is 4.90. The first kappa shape index (κ1) is 21.1. The molecule has 0 unspecified atom stereocenters. The van der Waals surface area contributed by atoms with Gasteiger partial charge in [0.05, 0.1) is 24.9 Å². The lowest BCUT2D eigenvalue weighted by Gasteiger charge is -2.29. The van der Waals surface area contributed by atoms with Crippen LogP contribution in [0.1, 0.15) is 41.9 Å². The van der Waals surface area contributed by atoms with Crippen LogP contribution < -0.4 is 5.32 Å². The predicted molar refractivity (Wildman–Crippen MR) is 124 cm³/mol. The summed E-state index contributed by atoms with van der Waals surface area (Å²) in [7, 11) is 1.42. The molecule has 0 saturated carbocycles. The van der Waals surface area contributed by atoms with Crippen LogP contribution in [0.25, 0.3) is 5.69 Å². The van der Waals surface area contributed by atoms with E-state index < -0.39 is 0 Å². The number of esters is 1. The fraction of sp³-hybridized carbons (Fsp3) is 0.292. The molecular formula is C24H26N4O2S. The van der Waals surface area contributed by atoms with Crippen LogP contribution >= 0.6 is 12.2 Å². The molecule has 0 amide bonds. The van der Waals surface area contributed by atoms with Gasteiger partial charge in [0.25, 0.3) is 0 Å². The molecule has 6 nitrogen and oxygen atoms in total. The van der Waals surface area contributed by atoms with Crippen LogP contribution in [0.4, 0.5) is 0 Å². The summed E-state index contributed by atoms with van der Waals surface area (Å²) in [4.78, 5) is 18.4. The first-order chi connectivity index (χ1) is 15.1. The van der Waals surface area contributed by atoms with E-state index in [1.165, 1.54) is 12.7 Å². The topological polar surface area (TPSA) is 59.4 Å². The van der Waals surface area contributed by atoms with Crippen molar-refractivity contribution in [3.63, 3.8) is 0 Å². The van der Waals surface area contributed by atoms with Crippen molar-refractivity contribution in [2.45, 2.75) is 31.8 Å². The fourth-order valence-electron chi connectivity index (χ4n) is 4.15. The molecule has 2 atom stereocenters. The predicted octanol–water partition coefficient (Wildman–Crippen LogP) is 4.11. The number of rotatable bonds is 7. The Bertz CT molecular complexity index is 1070. The molecule has 3 aromatic rings. The number of thiocarbonyl (C=S) groups is 1. The highest BCUT2D eigenvalue weighted by Gasteiger charge is 2.41. The normalized spacial score (nSPS) is 18.1. The number of pyridine rings is 1. The highest BCUT2D eigenvalue weighted by molar-refractivity contribution is 7.80. The average molecular weight is 435 g/mol. The van der Waals surface area contributed by atoms with Gasteiger partial charge in [-0.2, -0.15) is 0 Å². The van der Waals surface area contributed by atoms with Crippen LogP contribution in [0.3, 0.4) is 0 Å². The smallest absolute Gasteiger partial charge is 0.305 e. The van der Waals surface area contributed by atoms with E-state index in [1.54, 1.807) is 6.20 Å². The van der Waals surface area contributed by atoms with E-state index in [-0.39, 0.29) is 18.1 Å². The number of carbonyl (C=O) groups excluding carboxylic acids is 1. The molecule has 0 aliphatic carbocycles. The maximum absolute atomic E-state index is 11.6. The second-order valence-corrected chi connectivity index (χ2v) is 7.98. The van der Waals surface area contributed by atoms with Crippen molar-refractivity contribution in [2.75, 3.05) is 13.7 Å². The van der Waals surface area contributed by atoms with Gasteiger partial charge in [-0.25, -0.2) is 0 Å². The van der Waals surface area contributed by atoms with Crippen molar-refractivity contribution in [1.29, 1.82) is 0 Å². The summed E-state index contributed by atoms with van der Waals surface area (Å²) in [6.45, 7) is 2.76. The Morgan fingerprint density at radius 3 is 2.71 bits per heavy atom. The zero-order chi connectivity index (χ0) is 21.8. The van der Waals surface area contributed by atoms with Crippen molar-refractivity contribution in [3.05, 3.63) is 83.9 Å². The van der Waals surface area contributed by atoms with Gasteiger partial charge < -0.3 is 19.5 Å². The minimum atomic E-state index is -0.209. The van der Waals surface area contributed by atoms with Crippen molar-refractivity contribution in [3.8, 4) is 5.69 Å². The van der Waals surface area contributed by atoms with E-state index in [0.29, 0.717) is 24.5 Å². The first-order valence-electron chi connectivity index (χ1n) is 10.4. The Balaban J connectivity index is 1.73. The summed E-state index contributed by atoms with van der Waals surface area (Å²) in [5.41, 5.74) is 4.38. The zero-order valence-corrected chi connectivity index (χ0v) is 18.5. The Morgan fingerprint density at radius 2 is 1.97 bits per heavy atom. The third-order valence-corrected chi connectivity index (χ3v) is 6.02. The molecule has 0 spiro atoms. The Morgan fingerprint density at radius 1 is 1.16 bits per heavy atom. The van der Waals surface area contributed by atoms with Gasteiger partial charge in [0.2, 0.25) is 0 Å². The monoisotopic (exact) mass is 434 g/mol. The number of aromatic nitrogens is 2. The Hall–Kier alpha value is -3.19. The summed E-state index contributed by atoms with van der Waals surface area (Å²) in [5.74, 6) is -0.209. The molecule has 0 radical (unpaired) electrons. The van der Waals surface area contributed by atoms with E-state index in [4.69, 9.17) is 17.0 Å². The number of hydrogen-bond donors (Lipinski definition) is 1. The number of hydrogen-bond acceptors (Lipinski definition) is 4. The fourth-order valence-corrected chi connectivity index (χ4v) is 4.48. The van der Waals surface area contributed by atoms with Gasteiger partial charge >= 0.3 is 5.97 Å². The van der Waals surface area contributed by atoms with Gasteiger partial charge in [-0.05, 0) is 61.5 Å². The summed E-state index contributed by atoms with van der Waals surface area (Å²) >= 11 is 5.72. The molecule has 1 fully saturated rings. The molecule has 1 aromatic carbocycles. The number of methoxy groups -OCH3 is 1. The molecule has 1 aliphatic rings. The molecule has 7 heteroatoms. The highest BCUT2D eigenvalue weighted by Crippen LogP contribution is 2.39. The SMILES string of the molecule is COC(=O)CCCN1C(=S)N[C@@H](c2ccccn2)[C@H]1c1cccn1-c1ccccc1C. The zero-order valence-electron chi connectivity index (χ0n) is 17.7. The number of nitrogens with one attached hydrogen (secondary N) is 1. The largest absolute Gasteiger partial charge is 0.469 e. The molecule has 1 saturated heterocycles. The van der Waals surface area contributed by atoms with Gasteiger partial charge in [-0.3, -0.25) is 9.78 Å². The number of para-hydroxylation sites is 1. The number of nitrogens with zero attached hydrogens (tertiary/aromatic N) is 3. The average Bonchev–Trinajstić information content (AvgIpc) is 3.39. The van der Waals surface area contributed by atoms with Crippen molar-refractivity contribution >= 4 is 23.3 Å². The minimum Gasteiger partial charge on any atom is -0.469 e. The highest BCUT2D eigenvalue weighted by atomic mass is 32.1. The molecular weight excluding hydrogens is 408 g/mol. The minimum absolute atomic E-state index is 0.0605. The molecule has 0 bridgehead atoms. The van der Waals surface area contributed by atoms with Gasteiger partial charge in [-0.1, -0.05) is 24.3 Å². The van der Waals surface area contributed by atoms with Crippen LogP contribution in [0.15, 0.2) is 67.0 Å². The third-order valence-electron chi connectivity index (χ3n) is 5.66. The summed E-state index contributed by atoms with van der Waals surface area (Å²) in [5, 5.41) is 4.14. The lowest BCUT2D eigenvalue weighted by atomic mass is 10.0. The number of aryl methyl sites for hydroxylation is 1. The number of carbonyl (C=O) groups is 1. The van der Waals surface area contributed by atoms with Gasteiger partial charge in [-0.15, -0.1) is 0 Å². The lowest BCUT2D eigenvalue weighted by Crippen LogP contribution is -2.31.